The summed E-state index contributed by atoms with van der Waals surface area (Å²) < 4.78 is 7.02. The van der Waals surface area contributed by atoms with Crippen molar-refractivity contribution in [1.82, 2.24) is 9.97 Å². The number of halogens is 2. The lowest BCUT2D eigenvalue weighted by molar-refractivity contribution is 0.412. The highest BCUT2D eigenvalue weighted by atomic mass is 79.9. The number of anilines is 4. The first-order chi connectivity index (χ1) is 10.0. The van der Waals surface area contributed by atoms with Gasteiger partial charge in [0.1, 0.15) is 17.4 Å². The van der Waals surface area contributed by atoms with Crippen LogP contribution in [0.25, 0.3) is 0 Å². The van der Waals surface area contributed by atoms with Crippen LogP contribution < -0.4 is 21.1 Å². The van der Waals surface area contributed by atoms with Crippen molar-refractivity contribution in [2.45, 2.75) is 6.92 Å². The van der Waals surface area contributed by atoms with E-state index in [4.69, 9.17) is 10.5 Å². The first-order valence-corrected chi connectivity index (χ1v) is 7.80. The molecule has 8 heteroatoms. The summed E-state index contributed by atoms with van der Waals surface area (Å²) in [4.78, 5) is 8.28. The molecule has 0 aliphatic carbocycles. The number of aromatic nitrogens is 2. The van der Waals surface area contributed by atoms with Gasteiger partial charge in [0.2, 0.25) is 5.95 Å². The summed E-state index contributed by atoms with van der Waals surface area (Å²) in [6, 6.07) is 5.55. The normalized spacial score (nSPS) is 10.3. The smallest absolute Gasteiger partial charge is 0.223 e. The van der Waals surface area contributed by atoms with E-state index in [-0.39, 0.29) is 5.95 Å². The molecule has 21 heavy (non-hydrogen) atoms. The number of ether oxygens (including phenoxy) is 1. The van der Waals surface area contributed by atoms with Crippen LogP contribution in [-0.4, -0.2) is 23.6 Å². The molecular weight excluding hydrogens is 402 g/mol. The summed E-state index contributed by atoms with van der Waals surface area (Å²) in [5.41, 5.74) is 6.53. The van der Waals surface area contributed by atoms with Crippen molar-refractivity contribution in [3.8, 4) is 5.75 Å². The number of rotatable bonds is 5. The van der Waals surface area contributed by atoms with E-state index in [2.05, 4.69) is 52.5 Å². The van der Waals surface area contributed by atoms with E-state index in [1.54, 1.807) is 13.2 Å². The highest BCUT2D eigenvalue weighted by molar-refractivity contribution is 9.11. The van der Waals surface area contributed by atoms with Crippen LogP contribution in [0.15, 0.2) is 27.1 Å². The van der Waals surface area contributed by atoms with Crippen molar-refractivity contribution in [1.29, 1.82) is 0 Å². The lowest BCUT2D eigenvalue weighted by Crippen LogP contribution is -2.06. The van der Waals surface area contributed by atoms with Crippen molar-refractivity contribution in [3.05, 3.63) is 27.1 Å². The Balaban J connectivity index is 2.33. The Morgan fingerprint density at radius 3 is 2.52 bits per heavy atom. The summed E-state index contributed by atoms with van der Waals surface area (Å²) in [5, 5.41) is 6.30. The molecule has 6 nitrogen and oxygen atoms in total. The second-order valence-corrected chi connectivity index (χ2v) is 5.83. The van der Waals surface area contributed by atoms with Crippen molar-refractivity contribution in [2.75, 3.05) is 30.0 Å². The zero-order chi connectivity index (χ0) is 15.4. The molecule has 0 bridgehead atoms. The third-order valence-electron chi connectivity index (χ3n) is 2.61. The molecule has 0 aliphatic rings. The second-order valence-electron chi connectivity index (χ2n) is 4.12. The summed E-state index contributed by atoms with van der Waals surface area (Å²) in [6.45, 7) is 2.74. The fourth-order valence-corrected chi connectivity index (χ4v) is 2.98. The fraction of sp³-hybridized carbons (Fsp3) is 0.231. The van der Waals surface area contributed by atoms with Crippen molar-refractivity contribution in [3.63, 3.8) is 0 Å². The van der Waals surface area contributed by atoms with Gasteiger partial charge in [-0.3, -0.25) is 0 Å². The number of nitrogens with two attached hydrogens (primary N) is 1. The second kappa shape index (κ2) is 6.95. The first-order valence-electron chi connectivity index (χ1n) is 6.22. The Kier molecular flexibility index (Phi) is 5.24. The third-order valence-corrected chi connectivity index (χ3v) is 3.88. The van der Waals surface area contributed by atoms with E-state index in [9.17, 15) is 0 Å². The van der Waals surface area contributed by atoms with Crippen molar-refractivity contribution in [2.24, 2.45) is 0 Å². The highest BCUT2D eigenvalue weighted by Gasteiger charge is 2.09. The maximum Gasteiger partial charge on any atom is 0.223 e. The van der Waals surface area contributed by atoms with Gasteiger partial charge >= 0.3 is 0 Å². The van der Waals surface area contributed by atoms with Gasteiger partial charge in [0.05, 0.1) is 17.3 Å². The average molecular weight is 417 g/mol. The monoisotopic (exact) mass is 415 g/mol. The van der Waals surface area contributed by atoms with Crippen LogP contribution in [0.3, 0.4) is 0 Å². The van der Waals surface area contributed by atoms with Crippen molar-refractivity contribution >= 4 is 55.1 Å². The standard InChI is InChI=1S/C13H15Br2N5O/c1-3-17-11-6-12(20-13(16)19-11)18-9-5-10(21-2)8(15)4-7(9)14/h4-6H,3H2,1-2H3,(H4,16,17,18,19,20). The zero-order valence-electron chi connectivity index (χ0n) is 11.6. The quantitative estimate of drug-likeness (QED) is 0.687. The van der Waals surface area contributed by atoms with Crippen LogP contribution >= 0.6 is 31.9 Å². The molecule has 0 atom stereocenters. The Hall–Kier alpha value is -1.54. The predicted molar refractivity (Wildman–Crippen MR) is 92.3 cm³/mol. The van der Waals surface area contributed by atoms with Gasteiger partial charge in [0.15, 0.2) is 0 Å². The number of nitrogens with one attached hydrogen (secondary N) is 2. The van der Waals surface area contributed by atoms with Gasteiger partial charge in [0, 0.05) is 23.2 Å². The van der Waals surface area contributed by atoms with E-state index in [0.29, 0.717) is 11.6 Å². The first kappa shape index (κ1) is 15.8. The van der Waals surface area contributed by atoms with Gasteiger partial charge in [-0.25, -0.2) is 0 Å². The Labute approximate surface area is 139 Å². The number of methoxy groups -OCH3 is 1. The Morgan fingerprint density at radius 2 is 1.86 bits per heavy atom. The highest BCUT2D eigenvalue weighted by Crippen LogP contribution is 2.35. The van der Waals surface area contributed by atoms with E-state index in [0.717, 1.165) is 26.9 Å². The minimum absolute atomic E-state index is 0.205. The van der Waals surface area contributed by atoms with Gasteiger partial charge in [-0.2, -0.15) is 9.97 Å². The molecule has 0 saturated heterocycles. The van der Waals surface area contributed by atoms with Gasteiger partial charge in [-0.15, -0.1) is 0 Å². The molecule has 0 fully saturated rings. The van der Waals surface area contributed by atoms with Gasteiger partial charge in [-0.05, 0) is 44.8 Å². The summed E-state index contributed by atoms with van der Waals surface area (Å²) in [7, 11) is 1.61. The molecule has 0 unspecified atom stereocenters. The molecule has 0 spiro atoms. The summed E-state index contributed by atoms with van der Waals surface area (Å²) in [6.07, 6.45) is 0. The lowest BCUT2D eigenvalue weighted by Gasteiger charge is -2.12. The van der Waals surface area contributed by atoms with Crippen LogP contribution in [0.2, 0.25) is 0 Å². The van der Waals surface area contributed by atoms with Crippen LogP contribution in [0.1, 0.15) is 6.92 Å². The average Bonchev–Trinajstić information content (AvgIpc) is 2.41. The van der Waals surface area contributed by atoms with Crippen LogP contribution in [0, 0.1) is 0 Å². The molecule has 1 aromatic heterocycles. The summed E-state index contributed by atoms with van der Waals surface area (Å²) in [5.74, 6) is 2.20. The number of nitrogen functional groups attached to an aromatic ring is 1. The topological polar surface area (TPSA) is 85.1 Å². The molecule has 2 rings (SSSR count). The Bertz CT molecular complexity index is 651. The number of hydrogen-bond donors (Lipinski definition) is 3. The number of nitrogens with zero attached hydrogens (tertiary/aromatic N) is 2. The van der Waals surface area contributed by atoms with Gasteiger partial charge in [-0.1, -0.05) is 0 Å². The van der Waals surface area contributed by atoms with E-state index < -0.39 is 0 Å². The van der Waals surface area contributed by atoms with Gasteiger partial charge < -0.3 is 21.1 Å². The fourth-order valence-electron chi connectivity index (χ4n) is 1.72. The molecule has 4 N–H and O–H groups in total. The number of benzene rings is 1. The van der Waals surface area contributed by atoms with E-state index in [1.165, 1.54) is 0 Å². The molecular formula is C13H15Br2N5O. The summed E-state index contributed by atoms with van der Waals surface area (Å²) >= 11 is 6.93. The minimum Gasteiger partial charge on any atom is -0.495 e. The molecule has 0 radical (unpaired) electrons. The molecule has 1 heterocycles. The Morgan fingerprint density at radius 1 is 1.14 bits per heavy atom. The zero-order valence-corrected chi connectivity index (χ0v) is 14.7. The third kappa shape index (κ3) is 3.98. The van der Waals surface area contributed by atoms with E-state index >= 15 is 0 Å². The predicted octanol–water partition coefficient (Wildman–Crippen LogP) is 3.77. The molecule has 0 aliphatic heterocycles. The molecule has 112 valence electrons. The number of hydrogen-bond acceptors (Lipinski definition) is 6. The lowest BCUT2D eigenvalue weighted by atomic mass is 10.3. The van der Waals surface area contributed by atoms with Crippen LogP contribution in [-0.2, 0) is 0 Å². The van der Waals surface area contributed by atoms with Gasteiger partial charge in [0.25, 0.3) is 0 Å². The SMILES string of the molecule is CCNc1cc(Nc2cc(OC)c(Br)cc2Br)nc(N)n1. The molecule has 2 aromatic rings. The van der Waals surface area contributed by atoms with E-state index in [1.807, 2.05) is 19.1 Å². The minimum atomic E-state index is 0.205. The molecule has 1 aromatic carbocycles. The maximum atomic E-state index is 5.72. The van der Waals surface area contributed by atoms with Crippen LogP contribution in [0.5, 0.6) is 5.75 Å². The van der Waals surface area contributed by atoms with Crippen molar-refractivity contribution < 1.29 is 4.74 Å². The molecule has 0 saturated carbocycles. The molecule has 0 amide bonds. The largest absolute Gasteiger partial charge is 0.495 e. The van der Waals surface area contributed by atoms with Crippen LogP contribution in [0.4, 0.5) is 23.3 Å². The maximum absolute atomic E-state index is 5.72.